The van der Waals surface area contributed by atoms with Gasteiger partial charge in [0.2, 0.25) is 5.91 Å². The summed E-state index contributed by atoms with van der Waals surface area (Å²) in [4.78, 5) is 31.9. The van der Waals surface area contributed by atoms with Gasteiger partial charge in [0.1, 0.15) is 0 Å². The molecule has 8 heteroatoms. The maximum Gasteiger partial charge on any atom is 0.340 e. The lowest BCUT2D eigenvalue weighted by molar-refractivity contribution is -0.117. The number of benzene rings is 1. The van der Waals surface area contributed by atoms with Gasteiger partial charge < -0.3 is 19.6 Å². The average Bonchev–Trinajstić information content (AvgIpc) is 3.39. The number of carbonyl (C=O) groups excluding carboxylic acids is 2. The van der Waals surface area contributed by atoms with E-state index in [1.165, 1.54) is 13.3 Å². The van der Waals surface area contributed by atoms with Gasteiger partial charge in [-0.15, -0.1) is 0 Å². The summed E-state index contributed by atoms with van der Waals surface area (Å²) in [6, 6.07) is 7.06. The maximum absolute atomic E-state index is 15.3. The number of methoxy groups -OCH3 is 1. The quantitative estimate of drug-likeness (QED) is 0.502. The lowest BCUT2D eigenvalue weighted by atomic mass is 10.1. The summed E-state index contributed by atoms with van der Waals surface area (Å²) in [5, 5.41) is 4.11. The van der Waals surface area contributed by atoms with Gasteiger partial charge in [0.05, 0.1) is 23.7 Å². The first-order valence-electron chi connectivity index (χ1n) is 9.62. The van der Waals surface area contributed by atoms with Crippen molar-refractivity contribution in [1.82, 2.24) is 14.5 Å². The molecule has 3 heterocycles. The van der Waals surface area contributed by atoms with E-state index in [0.717, 1.165) is 18.2 Å². The molecule has 0 spiro atoms. The van der Waals surface area contributed by atoms with Crippen LogP contribution in [0.2, 0.25) is 0 Å². The zero-order chi connectivity index (χ0) is 21.0. The Kier molecular flexibility index (Phi) is 4.09. The molecule has 1 aliphatic rings. The molecule has 0 saturated heterocycles. The lowest BCUT2D eigenvalue weighted by Crippen LogP contribution is -2.15. The molecule has 1 fully saturated rings. The first-order valence-corrected chi connectivity index (χ1v) is 9.62. The second-order valence-electron chi connectivity index (χ2n) is 7.54. The van der Waals surface area contributed by atoms with Gasteiger partial charge in [0.25, 0.3) is 0 Å². The molecule has 0 atom stereocenters. The van der Waals surface area contributed by atoms with E-state index in [-0.39, 0.29) is 23.2 Å². The number of halogens is 1. The first-order chi connectivity index (χ1) is 14.5. The molecule has 1 aromatic carbocycles. The summed E-state index contributed by atoms with van der Waals surface area (Å²) in [6.45, 7) is 0. The van der Waals surface area contributed by atoms with Gasteiger partial charge in [-0.3, -0.25) is 4.79 Å². The minimum absolute atomic E-state index is 0.00578. The van der Waals surface area contributed by atoms with Crippen LogP contribution in [0, 0.1) is 11.7 Å². The predicted molar refractivity (Wildman–Crippen MR) is 111 cm³/mol. The topological polar surface area (TPSA) is 89.0 Å². The molecule has 0 aliphatic heterocycles. The largest absolute Gasteiger partial charge is 0.465 e. The van der Waals surface area contributed by atoms with Crippen LogP contribution in [-0.2, 0) is 16.6 Å². The van der Waals surface area contributed by atoms with Gasteiger partial charge in [-0.1, -0.05) is 6.07 Å². The third kappa shape index (κ3) is 2.83. The number of nitrogens with zero attached hydrogens (tertiary/aromatic N) is 2. The van der Waals surface area contributed by atoms with E-state index in [9.17, 15) is 9.59 Å². The smallest absolute Gasteiger partial charge is 0.340 e. The van der Waals surface area contributed by atoms with Crippen molar-refractivity contribution in [3.8, 4) is 11.3 Å². The van der Waals surface area contributed by atoms with Crippen molar-refractivity contribution >= 4 is 39.5 Å². The van der Waals surface area contributed by atoms with Crippen LogP contribution < -0.4 is 5.32 Å². The van der Waals surface area contributed by atoms with Crippen molar-refractivity contribution in [2.75, 3.05) is 12.4 Å². The number of H-pyrrole nitrogens is 1. The number of amides is 1. The number of aryl methyl sites for hydroxylation is 1. The highest BCUT2D eigenvalue weighted by Crippen LogP contribution is 2.35. The molecule has 1 amide bonds. The van der Waals surface area contributed by atoms with Crippen LogP contribution in [0.3, 0.4) is 0 Å². The zero-order valence-corrected chi connectivity index (χ0v) is 16.5. The number of aromatic amines is 1. The van der Waals surface area contributed by atoms with Gasteiger partial charge in [-0.05, 0) is 31.0 Å². The SMILES string of the molecule is COC(=O)c1cnc(NC(=O)C2CC2)c2[nH]c(-c3ccc4ccn(C)c4c3F)cc12. The van der Waals surface area contributed by atoms with Crippen molar-refractivity contribution in [2.24, 2.45) is 13.0 Å². The number of hydrogen-bond donors (Lipinski definition) is 2. The summed E-state index contributed by atoms with van der Waals surface area (Å²) in [5.74, 6) is -0.740. The molecule has 152 valence electrons. The molecule has 4 aromatic rings. The van der Waals surface area contributed by atoms with E-state index >= 15 is 4.39 Å². The Morgan fingerprint density at radius 3 is 2.83 bits per heavy atom. The number of anilines is 1. The van der Waals surface area contributed by atoms with Crippen molar-refractivity contribution in [2.45, 2.75) is 12.8 Å². The Hall–Kier alpha value is -3.68. The Morgan fingerprint density at radius 2 is 2.10 bits per heavy atom. The zero-order valence-electron chi connectivity index (χ0n) is 16.5. The Balaban J connectivity index is 1.69. The minimum atomic E-state index is -0.559. The molecular weight excluding hydrogens is 387 g/mol. The fourth-order valence-electron chi connectivity index (χ4n) is 3.74. The van der Waals surface area contributed by atoms with Gasteiger partial charge in [0, 0.05) is 47.4 Å². The molecule has 0 bridgehead atoms. The molecule has 3 aromatic heterocycles. The predicted octanol–water partition coefficient (Wildman–Crippen LogP) is 4.00. The molecule has 7 nitrogen and oxygen atoms in total. The molecule has 1 aliphatic carbocycles. The Labute approximate surface area is 170 Å². The number of nitrogens with one attached hydrogen (secondary N) is 2. The fourth-order valence-corrected chi connectivity index (χ4v) is 3.74. The summed E-state index contributed by atoms with van der Waals surface area (Å²) in [5.41, 5.74) is 2.01. The fraction of sp³-hybridized carbons (Fsp3) is 0.227. The lowest BCUT2D eigenvalue weighted by Gasteiger charge is -2.07. The van der Waals surface area contributed by atoms with Gasteiger partial charge in [0.15, 0.2) is 11.6 Å². The number of fused-ring (bicyclic) bond motifs is 2. The van der Waals surface area contributed by atoms with E-state index in [1.54, 1.807) is 29.9 Å². The number of hydrogen-bond acceptors (Lipinski definition) is 4. The van der Waals surface area contributed by atoms with Crippen LogP contribution >= 0.6 is 0 Å². The summed E-state index contributed by atoms with van der Waals surface area (Å²) in [6.07, 6.45) is 4.87. The normalized spacial score (nSPS) is 13.7. The summed E-state index contributed by atoms with van der Waals surface area (Å²) < 4.78 is 21.9. The number of aromatic nitrogens is 3. The standard InChI is InChI=1S/C22H19FN4O3/c1-27-8-7-11-5-6-13(17(23)19(11)27)16-9-14-15(22(29)30-2)10-24-20(18(14)25-16)26-21(28)12-3-4-12/h5-10,12,25H,3-4H2,1-2H3,(H,24,26,28). The van der Waals surface area contributed by atoms with Crippen LogP contribution in [0.4, 0.5) is 10.2 Å². The van der Waals surface area contributed by atoms with Crippen molar-refractivity contribution in [3.63, 3.8) is 0 Å². The highest BCUT2D eigenvalue weighted by molar-refractivity contribution is 6.10. The third-order valence-electron chi connectivity index (χ3n) is 5.53. The van der Waals surface area contributed by atoms with Gasteiger partial charge in [-0.25, -0.2) is 14.2 Å². The van der Waals surface area contributed by atoms with Crippen LogP contribution in [-0.4, -0.2) is 33.5 Å². The van der Waals surface area contributed by atoms with Crippen molar-refractivity contribution in [3.05, 3.63) is 48.0 Å². The molecule has 1 saturated carbocycles. The first kappa shape index (κ1) is 18.4. The Morgan fingerprint density at radius 1 is 1.30 bits per heavy atom. The Bertz CT molecular complexity index is 1330. The molecule has 0 unspecified atom stereocenters. The summed E-state index contributed by atoms with van der Waals surface area (Å²) >= 11 is 0. The number of pyridine rings is 1. The average molecular weight is 406 g/mol. The maximum atomic E-state index is 15.3. The number of esters is 1. The monoisotopic (exact) mass is 406 g/mol. The molecule has 2 N–H and O–H groups in total. The van der Waals surface area contributed by atoms with E-state index in [0.29, 0.717) is 33.5 Å². The second kappa shape index (κ2) is 6.69. The number of carbonyl (C=O) groups is 2. The number of ether oxygens (including phenoxy) is 1. The third-order valence-corrected chi connectivity index (χ3v) is 5.53. The van der Waals surface area contributed by atoms with Crippen LogP contribution in [0.1, 0.15) is 23.2 Å². The van der Waals surface area contributed by atoms with Crippen molar-refractivity contribution < 1.29 is 18.7 Å². The molecule has 0 radical (unpaired) electrons. The number of rotatable bonds is 4. The van der Waals surface area contributed by atoms with Gasteiger partial charge >= 0.3 is 5.97 Å². The van der Waals surface area contributed by atoms with Crippen molar-refractivity contribution in [1.29, 1.82) is 0 Å². The van der Waals surface area contributed by atoms with Crippen LogP contribution in [0.25, 0.3) is 33.1 Å². The van der Waals surface area contributed by atoms with Crippen LogP contribution in [0.15, 0.2) is 36.7 Å². The summed E-state index contributed by atoms with van der Waals surface area (Å²) in [7, 11) is 3.07. The van der Waals surface area contributed by atoms with E-state index in [2.05, 4.69) is 15.3 Å². The van der Waals surface area contributed by atoms with E-state index in [1.807, 2.05) is 12.1 Å². The van der Waals surface area contributed by atoms with Gasteiger partial charge in [-0.2, -0.15) is 0 Å². The highest BCUT2D eigenvalue weighted by atomic mass is 19.1. The highest BCUT2D eigenvalue weighted by Gasteiger charge is 2.30. The molecular formula is C22H19FN4O3. The minimum Gasteiger partial charge on any atom is -0.465 e. The van der Waals surface area contributed by atoms with Crippen LogP contribution in [0.5, 0.6) is 0 Å². The van der Waals surface area contributed by atoms with E-state index < -0.39 is 5.97 Å². The van der Waals surface area contributed by atoms with E-state index in [4.69, 9.17) is 4.74 Å². The molecule has 30 heavy (non-hydrogen) atoms. The second-order valence-corrected chi connectivity index (χ2v) is 7.54. The molecule has 5 rings (SSSR count).